The summed E-state index contributed by atoms with van der Waals surface area (Å²) in [5.74, 6) is -1.09. The van der Waals surface area contributed by atoms with Crippen molar-refractivity contribution in [1.29, 1.82) is 0 Å². The van der Waals surface area contributed by atoms with E-state index in [9.17, 15) is 4.79 Å². The van der Waals surface area contributed by atoms with Crippen LogP contribution in [0.1, 0.15) is 30.4 Å². The van der Waals surface area contributed by atoms with Gasteiger partial charge in [-0.3, -0.25) is 4.79 Å². The van der Waals surface area contributed by atoms with Gasteiger partial charge in [0.2, 0.25) is 0 Å². The van der Waals surface area contributed by atoms with Crippen molar-refractivity contribution in [3.8, 4) is 0 Å². The molecule has 0 bridgehead atoms. The van der Waals surface area contributed by atoms with Crippen molar-refractivity contribution in [1.82, 2.24) is 0 Å². The first-order chi connectivity index (χ1) is 8.13. The molecule has 0 aliphatic carbocycles. The maximum absolute atomic E-state index is 11.1. The molecule has 0 spiro atoms. The van der Waals surface area contributed by atoms with Gasteiger partial charge in [-0.1, -0.05) is 36.2 Å². The first kappa shape index (κ1) is 13.7. The normalized spacial score (nSPS) is 12.4. The number of aliphatic hydroxyl groups excluding tert-OH is 1. The molecule has 94 valence electrons. The number of carbonyl (C=O) groups is 1. The van der Waals surface area contributed by atoms with Gasteiger partial charge in [0, 0.05) is 6.61 Å². The van der Waals surface area contributed by atoms with Crippen LogP contribution in [0.4, 0.5) is 0 Å². The zero-order valence-corrected chi connectivity index (χ0v) is 10.2. The number of aliphatic carboxylic acids is 1. The van der Waals surface area contributed by atoms with Crippen molar-refractivity contribution < 1.29 is 15.0 Å². The monoisotopic (exact) mass is 236 g/mol. The van der Waals surface area contributed by atoms with Crippen LogP contribution in [0.3, 0.4) is 0 Å². The van der Waals surface area contributed by atoms with E-state index in [0.29, 0.717) is 19.3 Å². The van der Waals surface area contributed by atoms with Crippen molar-refractivity contribution in [2.75, 3.05) is 6.61 Å². The fourth-order valence-corrected chi connectivity index (χ4v) is 1.82. The van der Waals surface area contributed by atoms with Gasteiger partial charge in [0.25, 0.3) is 0 Å². The minimum atomic E-state index is -0.747. The minimum absolute atomic E-state index is 0.136. The highest BCUT2D eigenvalue weighted by atomic mass is 16.4. The van der Waals surface area contributed by atoms with E-state index in [4.69, 9.17) is 10.2 Å². The Labute approximate surface area is 102 Å². The van der Waals surface area contributed by atoms with Gasteiger partial charge in [-0.05, 0) is 31.7 Å². The Morgan fingerprint density at radius 3 is 2.41 bits per heavy atom. The largest absolute Gasteiger partial charge is 0.481 e. The summed E-state index contributed by atoms with van der Waals surface area (Å²) in [4.78, 5) is 11.1. The summed E-state index contributed by atoms with van der Waals surface area (Å²) in [6.07, 6.45) is 2.64. The molecule has 2 N–H and O–H groups in total. The molecule has 1 atom stereocenters. The van der Waals surface area contributed by atoms with E-state index in [0.717, 1.165) is 12.0 Å². The molecule has 0 saturated carbocycles. The topological polar surface area (TPSA) is 57.5 Å². The van der Waals surface area contributed by atoms with E-state index >= 15 is 0 Å². The Hall–Kier alpha value is -1.35. The lowest BCUT2D eigenvalue weighted by molar-refractivity contribution is -0.142. The Morgan fingerprint density at radius 2 is 1.88 bits per heavy atom. The van der Waals surface area contributed by atoms with Gasteiger partial charge in [-0.15, -0.1) is 0 Å². The maximum atomic E-state index is 11.1. The highest BCUT2D eigenvalue weighted by molar-refractivity contribution is 5.70. The average Bonchev–Trinajstić information content (AvgIpc) is 2.30. The van der Waals surface area contributed by atoms with Gasteiger partial charge >= 0.3 is 5.97 Å². The van der Waals surface area contributed by atoms with E-state index in [2.05, 4.69) is 0 Å². The van der Waals surface area contributed by atoms with E-state index in [1.807, 2.05) is 31.2 Å². The summed E-state index contributed by atoms with van der Waals surface area (Å²) in [5, 5.41) is 17.8. The van der Waals surface area contributed by atoms with Crippen LogP contribution in [0.25, 0.3) is 0 Å². The number of hydrogen-bond acceptors (Lipinski definition) is 2. The number of aryl methyl sites for hydroxylation is 1. The van der Waals surface area contributed by atoms with E-state index in [-0.39, 0.29) is 12.5 Å². The summed E-state index contributed by atoms with van der Waals surface area (Å²) < 4.78 is 0. The second-order valence-electron chi connectivity index (χ2n) is 4.44. The molecular weight excluding hydrogens is 216 g/mol. The summed E-state index contributed by atoms with van der Waals surface area (Å²) in [6.45, 7) is 2.15. The molecule has 0 aliphatic heterocycles. The number of unbranched alkanes of at least 4 members (excludes halogenated alkanes) is 1. The lowest BCUT2D eigenvalue weighted by atomic mass is 9.94. The number of carboxylic acids is 1. The Balaban J connectivity index is 2.54. The van der Waals surface area contributed by atoms with Crippen LogP contribution in [-0.4, -0.2) is 22.8 Å². The molecule has 3 nitrogen and oxygen atoms in total. The number of aliphatic hydroxyl groups is 1. The predicted molar refractivity (Wildman–Crippen MR) is 66.9 cm³/mol. The molecule has 1 aromatic rings. The molecule has 1 rings (SSSR count). The fourth-order valence-electron chi connectivity index (χ4n) is 1.82. The molecular formula is C14H20O3. The van der Waals surface area contributed by atoms with Crippen molar-refractivity contribution in [3.05, 3.63) is 35.4 Å². The Morgan fingerprint density at radius 1 is 1.24 bits per heavy atom. The van der Waals surface area contributed by atoms with Gasteiger partial charge in [0.15, 0.2) is 0 Å². The number of rotatable bonds is 7. The molecule has 0 saturated heterocycles. The highest BCUT2D eigenvalue weighted by Crippen LogP contribution is 2.16. The van der Waals surface area contributed by atoms with Crippen molar-refractivity contribution >= 4 is 5.97 Å². The van der Waals surface area contributed by atoms with E-state index in [1.54, 1.807) is 0 Å². The average molecular weight is 236 g/mol. The zero-order valence-electron chi connectivity index (χ0n) is 10.2. The van der Waals surface area contributed by atoms with Crippen LogP contribution in [0, 0.1) is 12.8 Å². The lowest BCUT2D eigenvalue weighted by Crippen LogP contribution is -2.16. The van der Waals surface area contributed by atoms with Crippen LogP contribution in [0.5, 0.6) is 0 Å². The molecule has 3 heteroatoms. The van der Waals surface area contributed by atoms with Gasteiger partial charge in [0.05, 0.1) is 5.92 Å². The lowest BCUT2D eigenvalue weighted by Gasteiger charge is -2.12. The molecule has 0 fully saturated rings. The maximum Gasteiger partial charge on any atom is 0.306 e. The van der Waals surface area contributed by atoms with E-state index in [1.165, 1.54) is 5.56 Å². The van der Waals surface area contributed by atoms with Crippen LogP contribution in [0.2, 0.25) is 0 Å². The number of hydrogen-bond donors (Lipinski definition) is 2. The molecule has 1 unspecified atom stereocenters. The molecule has 0 heterocycles. The second-order valence-corrected chi connectivity index (χ2v) is 4.44. The third kappa shape index (κ3) is 5.00. The highest BCUT2D eigenvalue weighted by Gasteiger charge is 2.17. The van der Waals surface area contributed by atoms with Crippen LogP contribution in [-0.2, 0) is 11.2 Å². The number of benzene rings is 1. The van der Waals surface area contributed by atoms with Crippen molar-refractivity contribution in [2.24, 2.45) is 5.92 Å². The first-order valence-electron chi connectivity index (χ1n) is 6.02. The van der Waals surface area contributed by atoms with Crippen molar-refractivity contribution in [2.45, 2.75) is 32.6 Å². The standard InChI is InChI=1S/C14H20O3/c1-11-5-7-12(8-6-11)10-13(14(16)17)4-2-3-9-15/h5-8,13,15H,2-4,9-10H2,1H3,(H,16,17). The van der Waals surface area contributed by atoms with Crippen LogP contribution >= 0.6 is 0 Å². The predicted octanol–water partition coefficient (Wildman–Crippen LogP) is 2.40. The minimum Gasteiger partial charge on any atom is -0.481 e. The SMILES string of the molecule is Cc1ccc(CC(CCCCO)C(=O)O)cc1. The Bertz CT molecular complexity index is 343. The van der Waals surface area contributed by atoms with Crippen LogP contribution < -0.4 is 0 Å². The van der Waals surface area contributed by atoms with Crippen molar-refractivity contribution in [3.63, 3.8) is 0 Å². The summed E-state index contributed by atoms with van der Waals surface area (Å²) in [6, 6.07) is 7.97. The van der Waals surface area contributed by atoms with Gasteiger partial charge in [-0.25, -0.2) is 0 Å². The molecule has 0 aliphatic rings. The summed E-state index contributed by atoms with van der Waals surface area (Å²) >= 11 is 0. The van der Waals surface area contributed by atoms with Crippen LogP contribution in [0.15, 0.2) is 24.3 Å². The number of carboxylic acid groups (broad SMARTS) is 1. The zero-order chi connectivity index (χ0) is 12.7. The third-order valence-electron chi connectivity index (χ3n) is 2.91. The van der Waals surface area contributed by atoms with Gasteiger partial charge < -0.3 is 10.2 Å². The molecule has 17 heavy (non-hydrogen) atoms. The molecule has 0 amide bonds. The fraction of sp³-hybridized carbons (Fsp3) is 0.500. The first-order valence-corrected chi connectivity index (χ1v) is 6.02. The molecule has 0 aromatic heterocycles. The summed E-state index contributed by atoms with van der Waals surface area (Å²) in [5.41, 5.74) is 2.24. The summed E-state index contributed by atoms with van der Waals surface area (Å²) in [7, 11) is 0. The van der Waals surface area contributed by atoms with E-state index < -0.39 is 5.97 Å². The third-order valence-corrected chi connectivity index (χ3v) is 2.91. The second kappa shape index (κ2) is 7.07. The smallest absolute Gasteiger partial charge is 0.306 e. The quantitative estimate of drug-likeness (QED) is 0.715. The molecule has 0 radical (unpaired) electrons. The Kier molecular flexibility index (Phi) is 5.70. The van der Waals surface area contributed by atoms with Gasteiger partial charge in [0.1, 0.15) is 0 Å². The molecule has 1 aromatic carbocycles. The van der Waals surface area contributed by atoms with Gasteiger partial charge in [-0.2, -0.15) is 0 Å².